The fraction of sp³-hybridized carbons (Fsp3) is 0.286. The third kappa shape index (κ3) is 4.14. The van der Waals surface area contributed by atoms with Crippen LogP contribution in [0.3, 0.4) is 0 Å². The third-order valence-corrected chi connectivity index (χ3v) is 4.99. The molecule has 1 atom stereocenters. The maximum Gasteiger partial charge on any atom is 0.227 e. The first-order chi connectivity index (χ1) is 14.7. The first-order valence-electron chi connectivity index (χ1n) is 9.66. The highest BCUT2D eigenvalue weighted by Gasteiger charge is 2.35. The zero-order valence-corrected chi connectivity index (χ0v) is 16.6. The largest absolute Gasteiger partial charge is 0.497 e. The second kappa shape index (κ2) is 8.73. The highest BCUT2D eigenvalue weighted by Crippen LogP contribution is 2.27. The summed E-state index contributed by atoms with van der Waals surface area (Å²) < 4.78 is 7.11. The first-order valence-corrected chi connectivity index (χ1v) is 9.66. The van der Waals surface area contributed by atoms with Crippen LogP contribution in [0.25, 0.3) is 11.6 Å². The maximum absolute atomic E-state index is 12.6. The monoisotopic (exact) mass is 406 g/mol. The van der Waals surface area contributed by atoms with Crippen LogP contribution in [-0.2, 0) is 16.1 Å². The van der Waals surface area contributed by atoms with Gasteiger partial charge in [-0.15, -0.1) is 0 Å². The maximum atomic E-state index is 12.6. The molecule has 0 saturated carbocycles. The molecule has 1 aromatic carbocycles. The molecule has 1 saturated heterocycles. The van der Waals surface area contributed by atoms with E-state index < -0.39 is 0 Å². The third-order valence-electron chi connectivity index (χ3n) is 4.99. The molecule has 0 radical (unpaired) electrons. The molecular formula is C21H22N6O3. The fourth-order valence-corrected chi connectivity index (χ4v) is 3.47. The van der Waals surface area contributed by atoms with E-state index in [1.807, 2.05) is 29.0 Å². The summed E-state index contributed by atoms with van der Waals surface area (Å²) in [6.45, 7) is 1.30. The van der Waals surface area contributed by atoms with Gasteiger partial charge in [0, 0.05) is 62.6 Å². The van der Waals surface area contributed by atoms with Crippen LogP contribution in [0.5, 0.6) is 5.75 Å². The lowest BCUT2D eigenvalue weighted by molar-refractivity contribution is -0.126. The van der Waals surface area contributed by atoms with E-state index in [0.717, 1.165) is 5.69 Å². The van der Waals surface area contributed by atoms with Crippen molar-refractivity contribution in [2.75, 3.05) is 25.1 Å². The van der Waals surface area contributed by atoms with Crippen molar-refractivity contribution in [1.29, 1.82) is 0 Å². The van der Waals surface area contributed by atoms with Gasteiger partial charge in [-0.2, -0.15) is 0 Å². The normalized spacial score (nSPS) is 16.0. The number of ether oxygens (including phenoxy) is 1. The SMILES string of the molecule is COc1cccc(N2CC(C(=O)NCCn3ccnc3-c3ncccn3)CC2=O)c1. The summed E-state index contributed by atoms with van der Waals surface area (Å²) in [4.78, 5) is 39.4. The Morgan fingerprint density at radius 1 is 1.20 bits per heavy atom. The Hall–Kier alpha value is -3.75. The lowest BCUT2D eigenvalue weighted by Crippen LogP contribution is -2.34. The predicted octanol–water partition coefficient (Wildman–Crippen LogP) is 1.52. The molecule has 9 nitrogen and oxygen atoms in total. The molecule has 1 N–H and O–H groups in total. The molecule has 2 amide bonds. The van der Waals surface area contributed by atoms with Crippen molar-refractivity contribution in [2.45, 2.75) is 13.0 Å². The lowest BCUT2D eigenvalue weighted by Gasteiger charge is -2.17. The minimum absolute atomic E-state index is 0.0680. The second-order valence-corrected chi connectivity index (χ2v) is 6.91. The minimum Gasteiger partial charge on any atom is -0.497 e. The fourth-order valence-electron chi connectivity index (χ4n) is 3.47. The Morgan fingerprint density at radius 3 is 2.83 bits per heavy atom. The number of carbonyl (C=O) groups excluding carboxylic acids is 2. The van der Waals surface area contributed by atoms with Crippen molar-refractivity contribution in [3.05, 3.63) is 55.1 Å². The first kappa shape index (κ1) is 19.6. The average molecular weight is 406 g/mol. The van der Waals surface area contributed by atoms with Crippen LogP contribution in [0, 0.1) is 5.92 Å². The predicted molar refractivity (Wildman–Crippen MR) is 110 cm³/mol. The van der Waals surface area contributed by atoms with Crippen LogP contribution in [0.15, 0.2) is 55.1 Å². The average Bonchev–Trinajstić information content (AvgIpc) is 3.41. The van der Waals surface area contributed by atoms with Crippen molar-refractivity contribution in [3.8, 4) is 17.4 Å². The number of benzene rings is 1. The van der Waals surface area contributed by atoms with Crippen LogP contribution in [0.4, 0.5) is 5.69 Å². The van der Waals surface area contributed by atoms with E-state index >= 15 is 0 Å². The van der Waals surface area contributed by atoms with E-state index in [4.69, 9.17) is 4.74 Å². The molecule has 0 spiro atoms. The van der Waals surface area contributed by atoms with Gasteiger partial charge < -0.3 is 19.5 Å². The Morgan fingerprint density at radius 2 is 2.03 bits per heavy atom. The molecule has 30 heavy (non-hydrogen) atoms. The van der Waals surface area contributed by atoms with Gasteiger partial charge in [0.2, 0.25) is 11.8 Å². The van der Waals surface area contributed by atoms with Crippen LogP contribution in [-0.4, -0.2) is 51.5 Å². The van der Waals surface area contributed by atoms with Crippen molar-refractivity contribution >= 4 is 17.5 Å². The Balaban J connectivity index is 1.33. The minimum atomic E-state index is -0.386. The number of imidazole rings is 1. The van der Waals surface area contributed by atoms with Gasteiger partial charge in [-0.25, -0.2) is 15.0 Å². The van der Waals surface area contributed by atoms with Gasteiger partial charge >= 0.3 is 0 Å². The van der Waals surface area contributed by atoms with E-state index in [0.29, 0.717) is 37.0 Å². The summed E-state index contributed by atoms with van der Waals surface area (Å²) in [5, 5.41) is 2.92. The summed E-state index contributed by atoms with van der Waals surface area (Å²) in [7, 11) is 1.58. The molecule has 1 aliphatic rings. The number of nitrogens with one attached hydrogen (secondary N) is 1. The summed E-state index contributed by atoms with van der Waals surface area (Å²) in [5.74, 6) is 1.26. The molecule has 9 heteroatoms. The Kier molecular flexibility index (Phi) is 5.69. The number of anilines is 1. The van der Waals surface area contributed by atoms with E-state index in [-0.39, 0.29) is 24.2 Å². The number of amides is 2. The summed E-state index contributed by atoms with van der Waals surface area (Å²) in [5.41, 5.74) is 0.737. The van der Waals surface area contributed by atoms with E-state index in [2.05, 4.69) is 20.3 Å². The van der Waals surface area contributed by atoms with Crippen LogP contribution < -0.4 is 15.0 Å². The van der Waals surface area contributed by atoms with Gasteiger partial charge in [-0.1, -0.05) is 6.07 Å². The number of hydrogen-bond acceptors (Lipinski definition) is 6. The summed E-state index contributed by atoms with van der Waals surface area (Å²) >= 11 is 0. The summed E-state index contributed by atoms with van der Waals surface area (Å²) in [6.07, 6.45) is 7.01. The van der Waals surface area contributed by atoms with Crippen molar-refractivity contribution < 1.29 is 14.3 Å². The molecule has 0 bridgehead atoms. The number of methoxy groups -OCH3 is 1. The second-order valence-electron chi connectivity index (χ2n) is 6.91. The van der Waals surface area contributed by atoms with Gasteiger partial charge in [0.25, 0.3) is 0 Å². The smallest absolute Gasteiger partial charge is 0.227 e. The zero-order valence-electron chi connectivity index (χ0n) is 16.6. The Bertz CT molecular complexity index is 1040. The van der Waals surface area contributed by atoms with Gasteiger partial charge in [0.1, 0.15) is 5.75 Å². The number of rotatable bonds is 7. The number of carbonyl (C=O) groups is 2. The van der Waals surface area contributed by atoms with E-state index in [9.17, 15) is 9.59 Å². The molecule has 1 fully saturated rings. The van der Waals surface area contributed by atoms with E-state index in [1.54, 1.807) is 42.7 Å². The van der Waals surface area contributed by atoms with Crippen molar-refractivity contribution in [1.82, 2.24) is 24.8 Å². The van der Waals surface area contributed by atoms with E-state index in [1.165, 1.54) is 0 Å². The molecule has 1 aliphatic heterocycles. The highest BCUT2D eigenvalue weighted by atomic mass is 16.5. The van der Waals surface area contributed by atoms with Gasteiger partial charge in [0.15, 0.2) is 11.6 Å². The quantitative estimate of drug-likeness (QED) is 0.638. The molecule has 4 rings (SSSR count). The molecule has 1 unspecified atom stereocenters. The topological polar surface area (TPSA) is 102 Å². The molecule has 3 heterocycles. The van der Waals surface area contributed by atoms with Crippen molar-refractivity contribution in [2.24, 2.45) is 5.92 Å². The zero-order chi connectivity index (χ0) is 20.9. The number of hydrogen-bond donors (Lipinski definition) is 1. The summed E-state index contributed by atoms with van der Waals surface area (Å²) in [6, 6.07) is 9.03. The molecule has 154 valence electrons. The van der Waals surface area contributed by atoms with Crippen LogP contribution >= 0.6 is 0 Å². The Labute approximate surface area is 173 Å². The van der Waals surface area contributed by atoms with Gasteiger partial charge in [-0.05, 0) is 18.2 Å². The molecule has 0 aliphatic carbocycles. The number of aromatic nitrogens is 4. The molecular weight excluding hydrogens is 384 g/mol. The highest BCUT2D eigenvalue weighted by molar-refractivity contribution is 6.00. The lowest BCUT2D eigenvalue weighted by atomic mass is 10.1. The molecule has 3 aromatic rings. The molecule has 2 aromatic heterocycles. The standard InChI is InChI=1S/C21H22N6O3/c1-30-17-5-2-4-16(13-17)27-14-15(12-18(27)28)21(29)25-9-11-26-10-8-24-20(26)19-22-6-3-7-23-19/h2-8,10,13,15H,9,11-12,14H2,1H3,(H,25,29). The van der Waals surface area contributed by atoms with Gasteiger partial charge in [0.05, 0.1) is 13.0 Å². The van der Waals surface area contributed by atoms with Gasteiger partial charge in [-0.3, -0.25) is 9.59 Å². The number of nitrogens with zero attached hydrogens (tertiary/aromatic N) is 5. The van der Waals surface area contributed by atoms with Crippen molar-refractivity contribution in [3.63, 3.8) is 0 Å². The van der Waals surface area contributed by atoms with Crippen LogP contribution in [0.2, 0.25) is 0 Å². The van der Waals surface area contributed by atoms with Crippen LogP contribution in [0.1, 0.15) is 6.42 Å².